The summed E-state index contributed by atoms with van der Waals surface area (Å²) in [6.07, 6.45) is 1.98. The quantitative estimate of drug-likeness (QED) is 0.650. The molecule has 1 aromatic rings. The average molecular weight is 215 g/mol. The SMILES string of the molecule is CSCC(C)NC(=O)c1nc(N)n[nH]1. The Morgan fingerprint density at radius 2 is 2.50 bits per heavy atom. The number of carbonyl (C=O) groups excluding carboxylic acids is 1. The number of nitrogen functional groups attached to an aromatic ring is 1. The van der Waals surface area contributed by atoms with E-state index in [-0.39, 0.29) is 23.7 Å². The van der Waals surface area contributed by atoms with E-state index in [4.69, 9.17) is 5.73 Å². The van der Waals surface area contributed by atoms with Crippen LogP contribution in [0.2, 0.25) is 0 Å². The van der Waals surface area contributed by atoms with Crippen LogP contribution in [0.3, 0.4) is 0 Å². The fourth-order valence-electron chi connectivity index (χ4n) is 0.960. The van der Waals surface area contributed by atoms with Gasteiger partial charge in [0.1, 0.15) is 0 Å². The lowest BCUT2D eigenvalue weighted by atomic mass is 10.4. The maximum absolute atomic E-state index is 11.4. The minimum Gasteiger partial charge on any atom is -0.366 e. The molecule has 0 radical (unpaired) electrons. The number of nitrogens with one attached hydrogen (secondary N) is 2. The highest BCUT2D eigenvalue weighted by molar-refractivity contribution is 7.98. The number of aromatic nitrogens is 3. The third-order valence-corrected chi connectivity index (χ3v) is 2.35. The van der Waals surface area contributed by atoms with E-state index in [0.717, 1.165) is 5.75 Å². The molecule has 1 unspecified atom stereocenters. The van der Waals surface area contributed by atoms with Crippen LogP contribution < -0.4 is 11.1 Å². The van der Waals surface area contributed by atoms with E-state index in [0.29, 0.717) is 0 Å². The van der Waals surface area contributed by atoms with Crippen LogP contribution in [0.5, 0.6) is 0 Å². The van der Waals surface area contributed by atoms with E-state index in [1.54, 1.807) is 11.8 Å². The summed E-state index contributed by atoms with van der Waals surface area (Å²) in [5.74, 6) is 0.800. The first-order valence-electron chi connectivity index (χ1n) is 4.11. The predicted octanol–water partition coefficient (Wildman–Crippen LogP) is -0.132. The van der Waals surface area contributed by atoms with Crippen LogP contribution in [0.1, 0.15) is 17.5 Å². The third-order valence-electron chi connectivity index (χ3n) is 1.51. The van der Waals surface area contributed by atoms with Crippen molar-refractivity contribution in [2.45, 2.75) is 13.0 Å². The zero-order valence-corrected chi connectivity index (χ0v) is 8.89. The van der Waals surface area contributed by atoms with Gasteiger partial charge in [-0.25, -0.2) is 0 Å². The number of carbonyl (C=O) groups is 1. The minimum atomic E-state index is -0.282. The molecule has 4 N–H and O–H groups in total. The number of nitrogens with two attached hydrogens (primary N) is 1. The van der Waals surface area contributed by atoms with E-state index in [2.05, 4.69) is 20.5 Å². The molecule has 0 saturated heterocycles. The lowest BCUT2D eigenvalue weighted by Crippen LogP contribution is -2.34. The Balaban J connectivity index is 2.50. The molecule has 1 heterocycles. The largest absolute Gasteiger partial charge is 0.366 e. The monoisotopic (exact) mass is 215 g/mol. The molecular weight excluding hydrogens is 202 g/mol. The Hall–Kier alpha value is -1.24. The number of amides is 1. The lowest BCUT2D eigenvalue weighted by molar-refractivity contribution is 0.0934. The van der Waals surface area contributed by atoms with Crippen molar-refractivity contribution in [2.24, 2.45) is 0 Å². The van der Waals surface area contributed by atoms with Gasteiger partial charge in [-0.15, -0.1) is 5.10 Å². The molecule has 0 spiro atoms. The van der Waals surface area contributed by atoms with Crippen LogP contribution >= 0.6 is 11.8 Å². The zero-order chi connectivity index (χ0) is 10.6. The van der Waals surface area contributed by atoms with Gasteiger partial charge in [0.15, 0.2) is 0 Å². The molecule has 0 aliphatic rings. The summed E-state index contributed by atoms with van der Waals surface area (Å²) in [5, 5.41) is 8.78. The van der Waals surface area contributed by atoms with Crippen molar-refractivity contribution in [1.29, 1.82) is 0 Å². The maximum Gasteiger partial charge on any atom is 0.288 e. The average Bonchev–Trinajstić information content (AvgIpc) is 2.52. The van der Waals surface area contributed by atoms with Crippen LogP contribution in [-0.2, 0) is 0 Å². The van der Waals surface area contributed by atoms with Gasteiger partial charge in [0.25, 0.3) is 5.91 Å². The summed E-state index contributed by atoms with van der Waals surface area (Å²) in [6, 6.07) is 0.101. The van der Waals surface area contributed by atoms with E-state index >= 15 is 0 Å². The Labute approximate surface area is 86.0 Å². The first kappa shape index (κ1) is 10.8. The Morgan fingerprint density at radius 1 is 1.79 bits per heavy atom. The van der Waals surface area contributed by atoms with Gasteiger partial charge in [-0.3, -0.25) is 9.89 Å². The molecular formula is C7H13N5OS. The van der Waals surface area contributed by atoms with Gasteiger partial charge < -0.3 is 11.1 Å². The zero-order valence-electron chi connectivity index (χ0n) is 8.07. The van der Waals surface area contributed by atoms with Crippen LogP contribution in [0.4, 0.5) is 5.95 Å². The van der Waals surface area contributed by atoms with Crippen molar-refractivity contribution in [3.8, 4) is 0 Å². The second-order valence-corrected chi connectivity index (χ2v) is 3.78. The molecule has 1 atom stereocenters. The molecule has 78 valence electrons. The lowest BCUT2D eigenvalue weighted by Gasteiger charge is -2.10. The molecule has 14 heavy (non-hydrogen) atoms. The summed E-state index contributed by atoms with van der Waals surface area (Å²) in [5.41, 5.74) is 5.27. The summed E-state index contributed by atoms with van der Waals surface area (Å²) in [7, 11) is 0. The van der Waals surface area contributed by atoms with Gasteiger partial charge in [0.05, 0.1) is 0 Å². The van der Waals surface area contributed by atoms with Crippen LogP contribution in [0.15, 0.2) is 0 Å². The van der Waals surface area contributed by atoms with E-state index in [9.17, 15) is 4.79 Å². The number of nitrogens with zero attached hydrogens (tertiary/aromatic N) is 2. The first-order chi connectivity index (χ1) is 6.63. The number of anilines is 1. The van der Waals surface area contributed by atoms with E-state index < -0.39 is 0 Å². The number of H-pyrrole nitrogens is 1. The van der Waals surface area contributed by atoms with Crippen molar-refractivity contribution >= 4 is 23.6 Å². The van der Waals surface area contributed by atoms with Gasteiger partial charge in [-0.2, -0.15) is 16.7 Å². The van der Waals surface area contributed by atoms with Crippen molar-refractivity contribution in [3.05, 3.63) is 5.82 Å². The van der Waals surface area contributed by atoms with E-state index in [1.807, 2.05) is 13.2 Å². The van der Waals surface area contributed by atoms with Gasteiger partial charge in [0.2, 0.25) is 11.8 Å². The number of hydrogen-bond acceptors (Lipinski definition) is 5. The fraction of sp³-hybridized carbons (Fsp3) is 0.571. The van der Waals surface area contributed by atoms with Crippen LogP contribution in [-0.4, -0.2) is 39.1 Å². The number of aromatic amines is 1. The Kier molecular flexibility index (Phi) is 3.75. The van der Waals surface area contributed by atoms with Gasteiger partial charge >= 0.3 is 0 Å². The summed E-state index contributed by atoms with van der Waals surface area (Å²) in [6.45, 7) is 1.92. The fourth-order valence-corrected chi connectivity index (χ4v) is 1.54. The second kappa shape index (κ2) is 4.85. The second-order valence-electron chi connectivity index (χ2n) is 2.87. The molecule has 0 saturated carbocycles. The molecule has 0 fully saturated rings. The first-order valence-corrected chi connectivity index (χ1v) is 5.50. The summed E-state index contributed by atoms with van der Waals surface area (Å²) >= 11 is 1.67. The maximum atomic E-state index is 11.4. The molecule has 6 nitrogen and oxygen atoms in total. The van der Waals surface area contributed by atoms with Crippen molar-refractivity contribution < 1.29 is 4.79 Å². The van der Waals surface area contributed by atoms with Crippen molar-refractivity contribution in [3.63, 3.8) is 0 Å². The number of hydrogen-bond donors (Lipinski definition) is 3. The van der Waals surface area contributed by atoms with Crippen LogP contribution in [0, 0.1) is 0 Å². The molecule has 0 aliphatic heterocycles. The summed E-state index contributed by atoms with van der Waals surface area (Å²) in [4.78, 5) is 15.1. The summed E-state index contributed by atoms with van der Waals surface area (Å²) < 4.78 is 0. The predicted molar refractivity (Wildman–Crippen MR) is 56.1 cm³/mol. The molecule has 0 bridgehead atoms. The Bertz CT molecular complexity index is 313. The molecule has 1 rings (SSSR count). The third kappa shape index (κ3) is 2.91. The standard InChI is InChI=1S/C7H13N5OS/c1-4(3-14-2)9-6(13)5-10-7(8)12-11-5/h4H,3H2,1-2H3,(H,9,13)(H3,8,10,11,12). The molecule has 1 amide bonds. The minimum absolute atomic E-state index is 0.0765. The molecule has 7 heteroatoms. The molecule has 1 aromatic heterocycles. The van der Waals surface area contributed by atoms with Gasteiger partial charge in [-0.05, 0) is 13.2 Å². The van der Waals surface area contributed by atoms with Gasteiger partial charge in [-0.1, -0.05) is 0 Å². The van der Waals surface area contributed by atoms with Gasteiger partial charge in [0, 0.05) is 11.8 Å². The van der Waals surface area contributed by atoms with E-state index in [1.165, 1.54) is 0 Å². The highest BCUT2D eigenvalue weighted by atomic mass is 32.2. The molecule has 0 aliphatic carbocycles. The number of thioether (sulfide) groups is 1. The highest BCUT2D eigenvalue weighted by Crippen LogP contribution is 1.98. The highest BCUT2D eigenvalue weighted by Gasteiger charge is 2.12. The molecule has 0 aromatic carbocycles. The Morgan fingerprint density at radius 3 is 3.00 bits per heavy atom. The van der Waals surface area contributed by atoms with Crippen molar-refractivity contribution in [1.82, 2.24) is 20.5 Å². The van der Waals surface area contributed by atoms with Crippen LogP contribution in [0.25, 0.3) is 0 Å². The topological polar surface area (TPSA) is 96.7 Å². The van der Waals surface area contributed by atoms with Crippen molar-refractivity contribution in [2.75, 3.05) is 17.7 Å². The normalized spacial score (nSPS) is 12.4. The smallest absolute Gasteiger partial charge is 0.288 e. The number of rotatable bonds is 4.